The van der Waals surface area contributed by atoms with E-state index >= 15 is 0 Å². The summed E-state index contributed by atoms with van der Waals surface area (Å²) in [7, 11) is 0. The van der Waals surface area contributed by atoms with Crippen molar-refractivity contribution < 1.29 is 9.52 Å². The van der Waals surface area contributed by atoms with Gasteiger partial charge in [0.05, 0.1) is 0 Å². The number of rotatable bonds is 2. The summed E-state index contributed by atoms with van der Waals surface area (Å²) in [5, 5.41) is 8.78. The number of aliphatic hydroxyl groups is 1. The molecule has 66 valence electrons. The molecule has 0 unspecified atom stereocenters. The monoisotopic (exact) mass is 175 g/mol. The largest absolute Gasteiger partial charge is 0.457 e. The van der Waals surface area contributed by atoms with Crippen LogP contribution in [0.15, 0.2) is 40.9 Å². The lowest BCUT2D eigenvalue weighted by Crippen LogP contribution is -1.78. The van der Waals surface area contributed by atoms with E-state index in [4.69, 9.17) is 9.52 Å². The molecule has 0 spiro atoms. The van der Waals surface area contributed by atoms with Gasteiger partial charge in [0.2, 0.25) is 0 Å². The van der Waals surface area contributed by atoms with Gasteiger partial charge in [-0.05, 0) is 24.3 Å². The maximum absolute atomic E-state index is 8.78. The summed E-state index contributed by atoms with van der Waals surface area (Å²) in [6.45, 7) is -0.0766. The van der Waals surface area contributed by atoms with Crippen molar-refractivity contribution in [2.24, 2.45) is 0 Å². The predicted octanol–water partition coefficient (Wildman–Crippen LogP) is 1.83. The second-order valence-corrected chi connectivity index (χ2v) is 2.64. The highest BCUT2D eigenvalue weighted by atomic mass is 16.4. The van der Waals surface area contributed by atoms with E-state index in [0.717, 1.165) is 5.69 Å². The highest BCUT2D eigenvalue weighted by Crippen LogP contribution is 2.19. The van der Waals surface area contributed by atoms with E-state index in [1.54, 1.807) is 18.3 Å². The van der Waals surface area contributed by atoms with Crippen LogP contribution in [-0.4, -0.2) is 10.1 Å². The third-order valence-corrected chi connectivity index (χ3v) is 1.73. The van der Waals surface area contributed by atoms with Gasteiger partial charge in [-0.2, -0.15) is 0 Å². The zero-order valence-electron chi connectivity index (χ0n) is 6.97. The Kier molecular flexibility index (Phi) is 2.10. The van der Waals surface area contributed by atoms with Crippen molar-refractivity contribution in [3.8, 4) is 11.5 Å². The molecule has 0 saturated carbocycles. The van der Waals surface area contributed by atoms with Crippen molar-refractivity contribution in [3.05, 3.63) is 42.3 Å². The van der Waals surface area contributed by atoms with Crippen LogP contribution in [0.2, 0.25) is 0 Å². The van der Waals surface area contributed by atoms with Crippen LogP contribution < -0.4 is 0 Å². The predicted molar refractivity (Wildman–Crippen MR) is 47.9 cm³/mol. The summed E-state index contributed by atoms with van der Waals surface area (Å²) in [4.78, 5) is 4.12. The molecule has 2 rings (SSSR count). The summed E-state index contributed by atoms with van der Waals surface area (Å²) < 4.78 is 5.31. The number of aromatic nitrogens is 1. The molecule has 0 aromatic carbocycles. The lowest BCUT2D eigenvalue weighted by molar-refractivity contribution is 0.248. The van der Waals surface area contributed by atoms with Crippen molar-refractivity contribution in [2.45, 2.75) is 6.61 Å². The molecular weight excluding hydrogens is 166 g/mol. The van der Waals surface area contributed by atoms with E-state index in [9.17, 15) is 0 Å². The van der Waals surface area contributed by atoms with Crippen molar-refractivity contribution in [1.82, 2.24) is 4.98 Å². The van der Waals surface area contributed by atoms with Gasteiger partial charge in [0, 0.05) is 6.20 Å². The minimum atomic E-state index is -0.0766. The zero-order valence-corrected chi connectivity index (χ0v) is 6.97. The third-order valence-electron chi connectivity index (χ3n) is 1.73. The van der Waals surface area contributed by atoms with E-state index in [1.165, 1.54) is 0 Å². The van der Waals surface area contributed by atoms with Crippen LogP contribution in [0, 0.1) is 0 Å². The molecule has 0 radical (unpaired) electrons. The quantitative estimate of drug-likeness (QED) is 0.757. The average molecular weight is 175 g/mol. The number of aliphatic hydroxyl groups excluding tert-OH is 1. The summed E-state index contributed by atoms with van der Waals surface area (Å²) in [6.07, 6.45) is 1.70. The summed E-state index contributed by atoms with van der Waals surface area (Å²) >= 11 is 0. The van der Waals surface area contributed by atoms with Gasteiger partial charge in [-0.15, -0.1) is 0 Å². The van der Waals surface area contributed by atoms with Crippen LogP contribution in [0.4, 0.5) is 0 Å². The maximum Gasteiger partial charge on any atom is 0.152 e. The molecule has 0 aliphatic heterocycles. The first-order valence-corrected chi connectivity index (χ1v) is 4.01. The normalized spacial score (nSPS) is 10.2. The molecule has 3 heteroatoms. The Morgan fingerprint density at radius 3 is 2.77 bits per heavy atom. The second kappa shape index (κ2) is 3.41. The van der Waals surface area contributed by atoms with E-state index in [-0.39, 0.29) is 6.61 Å². The average Bonchev–Trinajstić information content (AvgIpc) is 2.67. The highest BCUT2D eigenvalue weighted by molar-refractivity contribution is 5.51. The molecule has 2 aromatic rings. The Morgan fingerprint density at radius 2 is 2.15 bits per heavy atom. The first-order valence-electron chi connectivity index (χ1n) is 4.01. The molecule has 0 amide bonds. The lowest BCUT2D eigenvalue weighted by atomic mass is 10.3. The van der Waals surface area contributed by atoms with Crippen LogP contribution in [0.3, 0.4) is 0 Å². The van der Waals surface area contributed by atoms with Gasteiger partial charge in [-0.3, -0.25) is 4.98 Å². The maximum atomic E-state index is 8.78. The van der Waals surface area contributed by atoms with Gasteiger partial charge < -0.3 is 9.52 Å². The molecule has 13 heavy (non-hydrogen) atoms. The van der Waals surface area contributed by atoms with Gasteiger partial charge in [-0.1, -0.05) is 6.07 Å². The molecule has 3 nitrogen and oxygen atoms in total. The number of pyridine rings is 1. The summed E-state index contributed by atoms with van der Waals surface area (Å²) in [5.74, 6) is 1.24. The lowest BCUT2D eigenvalue weighted by Gasteiger charge is -1.93. The highest BCUT2D eigenvalue weighted by Gasteiger charge is 2.03. The smallest absolute Gasteiger partial charge is 0.152 e. The van der Waals surface area contributed by atoms with Crippen molar-refractivity contribution in [2.75, 3.05) is 0 Å². The summed E-state index contributed by atoms with van der Waals surface area (Å²) in [6, 6.07) is 9.14. The van der Waals surface area contributed by atoms with Gasteiger partial charge in [-0.25, -0.2) is 0 Å². The minimum absolute atomic E-state index is 0.0766. The number of hydrogen-bond donors (Lipinski definition) is 1. The zero-order chi connectivity index (χ0) is 9.10. The van der Waals surface area contributed by atoms with E-state index in [2.05, 4.69) is 4.98 Å². The second-order valence-electron chi connectivity index (χ2n) is 2.64. The number of furan rings is 1. The molecule has 1 N–H and O–H groups in total. The van der Waals surface area contributed by atoms with Crippen molar-refractivity contribution >= 4 is 0 Å². The summed E-state index contributed by atoms with van der Waals surface area (Å²) in [5.41, 5.74) is 0.780. The molecule has 0 aliphatic rings. The van der Waals surface area contributed by atoms with Crippen LogP contribution in [-0.2, 0) is 6.61 Å². The Morgan fingerprint density at radius 1 is 1.23 bits per heavy atom. The number of hydrogen-bond acceptors (Lipinski definition) is 3. The molecule has 0 bridgehead atoms. The first-order chi connectivity index (χ1) is 6.40. The first kappa shape index (κ1) is 8.01. The molecule has 2 heterocycles. The molecule has 2 aromatic heterocycles. The Labute approximate surface area is 75.7 Å². The van der Waals surface area contributed by atoms with Gasteiger partial charge >= 0.3 is 0 Å². The van der Waals surface area contributed by atoms with E-state index in [0.29, 0.717) is 11.5 Å². The van der Waals surface area contributed by atoms with Crippen LogP contribution in [0.5, 0.6) is 0 Å². The molecule has 0 atom stereocenters. The molecule has 0 fully saturated rings. The van der Waals surface area contributed by atoms with Crippen molar-refractivity contribution in [3.63, 3.8) is 0 Å². The Balaban J connectivity index is 2.36. The fourth-order valence-electron chi connectivity index (χ4n) is 1.11. The topological polar surface area (TPSA) is 46.3 Å². The minimum Gasteiger partial charge on any atom is -0.457 e. The molecule has 0 saturated heterocycles. The van der Waals surface area contributed by atoms with Gasteiger partial charge in [0.25, 0.3) is 0 Å². The standard InChI is InChI=1S/C10H9NO2/c12-7-8-4-5-10(13-8)9-3-1-2-6-11-9/h1-6,12H,7H2. The third kappa shape index (κ3) is 1.60. The van der Waals surface area contributed by atoms with Gasteiger partial charge in [0.1, 0.15) is 18.1 Å². The van der Waals surface area contributed by atoms with Crippen LogP contribution >= 0.6 is 0 Å². The van der Waals surface area contributed by atoms with Crippen LogP contribution in [0.1, 0.15) is 5.76 Å². The van der Waals surface area contributed by atoms with E-state index < -0.39 is 0 Å². The van der Waals surface area contributed by atoms with Crippen LogP contribution in [0.25, 0.3) is 11.5 Å². The van der Waals surface area contributed by atoms with Gasteiger partial charge in [0.15, 0.2) is 5.76 Å². The van der Waals surface area contributed by atoms with Crippen molar-refractivity contribution in [1.29, 1.82) is 0 Å². The SMILES string of the molecule is OCc1ccc(-c2ccccn2)o1. The van der Waals surface area contributed by atoms with E-state index in [1.807, 2.05) is 18.2 Å². The number of nitrogens with zero attached hydrogens (tertiary/aromatic N) is 1. The fraction of sp³-hybridized carbons (Fsp3) is 0.100. The Bertz CT molecular complexity index is 381. The Hall–Kier alpha value is -1.61. The molecular formula is C10H9NO2. The molecule has 0 aliphatic carbocycles. The fourth-order valence-corrected chi connectivity index (χ4v) is 1.11.